The number of ether oxygens (including phenoxy) is 2. The van der Waals surface area contributed by atoms with Crippen molar-refractivity contribution < 1.29 is 45.7 Å². The van der Waals surface area contributed by atoms with Crippen molar-refractivity contribution in [3.8, 4) is 11.5 Å². The number of benzene rings is 2. The van der Waals surface area contributed by atoms with Gasteiger partial charge in [-0.05, 0) is 36.8 Å². The third-order valence-corrected chi connectivity index (χ3v) is 5.05. The summed E-state index contributed by atoms with van der Waals surface area (Å²) in [5.74, 6) is -2.95. The van der Waals surface area contributed by atoms with Gasteiger partial charge in [0, 0.05) is 23.8 Å². The van der Waals surface area contributed by atoms with Crippen LogP contribution in [-0.4, -0.2) is 36.2 Å². The maximum Gasteiger partial charge on any atom is 0.573 e. The maximum absolute atomic E-state index is 13.1. The molecule has 0 bridgehead atoms. The van der Waals surface area contributed by atoms with E-state index in [1.165, 1.54) is 47.4 Å². The van der Waals surface area contributed by atoms with Crippen LogP contribution in [0.5, 0.6) is 11.5 Å². The van der Waals surface area contributed by atoms with E-state index in [0.717, 1.165) is 6.07 Å². The number of alkyl halides is 6. The van der Waals surface area contributed by atoms with E-state index < -0.39 is 42.6 Å². The van der Waals surface area contributed by atoms with Crippen molar-refractivity contribution >= 4 is 11.7 Å². The normalized spacial score (nSPS) is 19.1. The van der Waals surface area contributed by atoms with Gasteiger partial charge < -0.3 is 19.5 Å². The van der Waals surface area contributed by atoms with Crippen molar-refractivity contribution in [3.05, 3.63) is 54.1 Å². The molecule has 0 aromatic heterocycles. The second kappa shape index (κ2) is 9.17. The van der Waals surface area contributed by atoms with Crippen LogP contribution in [0.1, 0.15) is 18.4 Å². The Kier molecular flexibility index (Phi) is 6.75. The fraction of sp³-hybridized carbons (Fsp3) is 0.381. The molecule has 0 amide bonds. The number of carboxylic acids is 1. The van der Waals surface area contributed by atoms with Crippen LogP contribution in [0.25, 0.3) is 0 Å². The molecule has 11 heteroatoms. The van der Waals surface area contributed by atoms with E-state index in [2.05, 4.69) is 4.74 Å². The molecule has 0 spiro atoms. The molecule has 0 saturated carbocycles. The Labute approximate surface area is 179 Å². The summed E-state index contributed by atoms with van der Waals surface area (Å²) >= 11 is 0. The lowest BCUT2D eigenvalue weighted by Crippen LogP contribution is -2.32. The van der Waals surface area contributed by atoms with Crippen LogP contribution in [0.4, 0.5) is 32.0 Å². The number of carboxylic acid groups (broad SMARTS) is 1. The van der Waals surface area contributed by atoms with Gasteiger partial charge in [0.2, 0.25) is 0 Å². The smallest absolute Gasteiger partial charge is 0.489 e. The average Bonchev–Trinajstić information content (AvgIpc) is 3.10. The minimum absolute atomic E-state index is 0.156. The molecule has 1 N–H and O–H groups in total. The molecule has 3 rings (SSSR count). The molecule has 1 saturated heterocycles. The van der Waals surface area contributed by atoms with Gasteiger partial charge in [-0.15, -0.1) is 13.2 Å². The zero-order chi connectivity index (χ0) is 23.5. The van der Waals surface area contributed by atoms with Crippen LogP contribution in [0.2, 0.25) is 0 Å². The second-order valence-corrected chi connectivity index (χ2v) is 7.32. The molecule has 174 valence electrons. The largest absolute Gasteiger partial charge is 0.573 e. The first-order valence-electron chi connectivity index (χ1n) is 9.54. The van der Waals surface area contributed by atoms with Crippen molar-refractivity contribution in [2.24, 2.45) is 5.92 Å². The summed E-state index contributed by atoms with van der Waals surface area (Å²) in [4.78, 5) is 12.5. The molecule has 0 unspecified atom stereocenters. The van der Waals surface area contributed by atoms with Gasteiger partial charge in [-0.1, -0.05) is 18.2 Å². The summed E-state index contributed by atoms with van der Waals surface area (Å²) < 4.78 is 86.4. The van der Waals surface area contributed by atoms with E-state index in [0.29, 0.717) is 5.69 Å². The van der Waals surface area contributed by atoms with Crippen molar-refractivity contribution in [2.75, 3.05) is 11.4 Å². The minimum Gasteiger partial charge on any atom is -0.489 e. The van der Waals surface area contributed by atoms with E-state index in [1.54, 1.807) is 0 Å². The third-order valence-electron chi connectivity index (χ3n) is 5.05. The SMILES string of the molecule is O=C(O)C[C@@H]1C[C@H](C(F)(F)F)CN1c1ccc(OCc2ccccc2OC(F)(F)F)cc1. The van der Waals surface area contributed by atoms with E-state index in [-0.39, 0.29) is 30.9 Å². The van der Waals surface area contributed by atoms with Crippen molar-refractivity contribution in [2.45, 2.75) is 38.0 Å². The number of rotatable bonds is 7. The predicted molar refractivity (Wildman–Crippen MR) is 101 cm³/mol. The highest BCUT2D eigenvalue weighted by atomic mass is 19.4. The summed E-state index contributed by atoms with van der Waals surface area (Å²) in [5.41, 5.74) is 0.555. The Bertz CT molecular complexity index is 929. The van der Waals surface area contributed by atoms with Gasteiger partial charge in [0.15, 0.2) is 0 Å². The van der Waals surface area contributed by atoms with Crippen LogP contribution in [-0.2, 0) is 11.4 Å². The molecular weight excluding hydrogens is 444 g/mol. The van der Waals surface area contributed by atoms with Crippen molar-refractivity contribution in [3.63, 3.8) is 0 Å². The molecule has 32 heavy (non-hydrogen) atoms. The molecule has 1 fully saturated rings. The molecule has 1 heterocycles. The first-order chi connectivity index (χ1) is 14.9. The first kappa shape index (κ1) is 23.6. The van der Waals surface area contributed by atoms with Crippen LogP contribution in [0, 0.1) is 5.92 Å². The van der Waals surface area contributed by atoms with E-state index in [4.69, 9.17) is 9.84 Å². The lowest BCUT2D eigenvalue weighted by atomic mass is 10.0. The number of hydrogen-bond donors (Lipinski definition) is 1. The predicted octanol–water partition coefficient (Wildman–Crippen LogP) is 5.40. The average molecular weight is 463 g/mol. The van der Waals surface area contributed by atoms with E-state index in [1.807, 2.05) is 0 Å². The maximum atomic E-state index is 13.1. The highest BCUT2D eigenvalue weighted by Gasteiger charge is 2.47. The summed E-state index contributed by atoms with van der Waals surface area (Å²) in [6.45, 7) is -0.586. The third kappa shape index (κ3) is 6.21. The molecule has 0 radical (unpaired) electrons. The number of nitrogens with zero attached hydrogens (tertiary/aromatic N) is 1. The quantitative estimate of drug-likeness (QED) is 0.558. The number of hydrogen-bond acceptors (Lipinski definition) is 4. The number of halogens is 6. The Morgan fingerprint density at radius 2 is 1.69 bits per heavy atom. The van der Waals surface area contributed by atoms with Crippen LogP contribution >= 0.6 is 0 Å². The Hall–Kier alpha value is -3.11. The monoisotopic (exact) mass is 463 g/mol. The molecule has 0 aliphatic carbocycles. The Morgan fingerprint density at radius 3 is 2.28 bits per heavy atom. The van der Waals surface area contributed by atoms with E-state index >= 15 is 0 Å². The topological polar surface area (TPSA) is 59.0 Å². The zero-order valence-electron chi connectivity index (χ0n) is 16.5. The number of carbonyl (C=O) groups is 1. The van der Waals surface area contributed by atoms with Gasteiger partial charge in [-0.2, -0.15) is 13.2 Å². The minimum atomic E-state index is -4.85. The van der Waals surface area contributed by atoms with Crippen LogP contribution in [0.3, 0.4) is 0 Å². The fourth-order valence-electron chi connectivity index (χ4n) is 3.61. The fourth-order valence-corrected chi connectivity index (χ4v) is 3.61. The molecule has 2 aromatic carbocycles. The van der Waals surface area contributed by atoms with E-state index in [9.17, 15) is 31.1 Å². The number of para-hydroxylation sites is 1. The van der Waals surface area contributed by atoms with Crippen molar-refractivity contribution in [1.29, 1.82) is 0 Å². The zero-order valence-corrected chi connectivity index (χ0v) is 16.5. The molecule has 5 nitrogen and oxygen atoms in total. The first-order valence-corrected chi connectivity index (χ1v) is 9.54. The van der Waals surface area contributed by atoms with Gasteiger partial charge in [-0.3, -0.25) is 4.79 Å². The van der Waals surface area contributed by atoms with Crippen molar-refractivity contribution in [1.82, 2.24) is 0 Å². The van der Waals surface area contributed by atoms with Crippen LogP contribution in [0.15, 0.2) is 48.5 Å². The van der Waals surface area contributed by atoms with Gasteiger partial charge >= 0.3 is 18.5 Å². The summed E-state index contributed by atoms with van der Waals surface area (Å²) in [5, 5.41) is 9.03. The summed E-state index contributed by atoms with van der Waals surface area (Å²) in [6, 6.07) is 10.6. The van der Waals surface area contributed by atoms with Gasteiger partial charge in [0.05, 0.1) is 12.3 Å². The number of anilines is 1. The molecule has 1 aliphatic rings. The Balaban J connectivity index is 1.69. The van der Waals surface area contributed by atoms with Gasteiger partial charge in [0.1, 0.15) is 18.1 Å². The lowest BCUT2D eigenvalue weighted by Gasteiger charge is -2.26. The molecular formula is C21H19F6NO4. The molecule has 1 aliphatic heterocycles. The summed E-state index contributed by atoms with van der Waals surface area (Å²) in [6.07, 6.45) is -10.0. The molecule has 2 atom stereocenters. The van der Waals surface area contributed by atoms with Gasteiger partial charge in [0.25, 0.3) is 0 Å². The highest BCUT2D eigenvalue weighted by Crippen LogP contribution is 2.40. The second-order valence-electron chi connectivity index (χ2n) is 7.32. The standard InChI is InChI=1S/C21H19F6NO4/c22-20(23,24)14-9-16(10-19(29)30)28(11-14)15-5-7-17(8-6-15)31-12-13-3-1-2-4-18(13)32-21(25,26)27/h1-8,14,16H,9-12H2,(H,29,30)/t14-,16-/m0/s1. The van der Waals surface area contributed by atoms with Crippen LogP contribution < -0.4 is 14.4 Å². The highest BCUT2D eigenvalue weighted by molar-refractivity contribution is 5.69. The summed E-state index contributed by atoms with van der Waals surface area (Å²) in [7, 11) is 0. The number of aliphatic carboxylic acids is 1. The van der Waals surface area contributed by atoms with Gasteiger partial charge in [-0.25, -0.2) is 0 Å². The lowest BCUT2D eigenvalue weighted by molar-refractivity contribution is -0.275. The molecule has 2 aromatic rings. The Morgan fingerprint density at radius 1 is 1.03 bits per heavy atom.